The number of aryl methyl sites for hydroxylation is 1. The minimum absolute atomic E-state index is 0.0494. The maximum absolute atomic E-state index is 12.9. The Morgan fingerprint density at radius 1 is 1.33 bits per heavy atom. The van der Waals surface area contributed by atoms with E-state index in [2.05, 4.69) is 0 Å². The van der Waals surface area contributed by atoms with Gasteiger partial charge in [0.05, 0.1) is 11.6 Å². The van der Waals surface area contributed by atoms with Crippen LogP contribution in [0.5, 0.6) is 5.75 Å². The number of phenolic OH excluding ortho intramolecular Hbond substituents is 1. The topological polar surface area (TPSA) is 66.6 Å². The van der Waals surface area contributed by atoms with Crippen molar-refractivity contribution in [1.29, 1.82) is 0 Å². The molecule has 1 fully saturated rings. The van der Waals surface area contributed by atoms with Crippen LogP contribution in [0.4, 0.5) is 5.69 Å². The van der Waals surface area contributed by atoms with E-state index in [1.165, 1.54) is 0 Å². The lowest BCUT2D eigenvalue weighted by Gasteiger charge is -2.29. The third-order valence-electron chi connectivity index (χ3n) is 4.45. The minimum Gasteiger partial charge on any atom is -0.508 e. The standard InChI is InChI=1S/C17H26N2O2/c1-3-19(16-11-13(20)10-9-12(16)2)17(21)14-7-5-4-6-8-15(14)18/h9-11,14-15,20H,3-8,18H2,1-2H3. The molecule has 0 saturated heterocycles. The molecule has 0 spiro atoms. The quantitative estimate of drug-likeness (QED) is 0.841. The first-order chi connectivity index (χ1) is 10.0. The van der Waals surface area contributed by atoms with Crippen LogP contribution in [0.2, 0.25) is 0 Å². The normalized spacial score (nSPS) is 22.6. The van der Waals surface area contributed by atoms with Crippen LogP contribution in [0.25, 0.3) is 0 Å². The average molecular weight is 290 g/mol. The predicted octanol–water partition coefficient (Wildman–Crippen LogP) is 2.96. The number of anilines is 1. The Hall–Kier alpha value is -1.55. The lowest BCUT2D eigenvalue weighted by atomic mass is 9.93. The summed E-state index contributed by atoms with van der Waals surface area (Å²) in [6.45, 7) is 4.51. The van der Waals surface area contributed by atoms with Crippen molar-refractivity contribution in [1.82, 2.24) is 0 Å². The Kier molecular flexibility index (Phi) is 5.23. The Labute approximate surface area is 126 Å². The molecule has 4 heteroatoms. The molecule has 4 nitrogen and oxygen atoms in total. The van der Waals surface area contributed by atoms with Crippen molar-refractivity contribution in [2.24, 2.45) is 11.7 Å². The van der Waals surface area contributed by atoms with Crippen LogP contribution in [-0.2, 0) is 4.79 Å². The number of hydrogen-bond donors (Lipinski definition) is 2. The summed E-state index contributed by atoms with van der Waals surface area (Å²) in [5.41, 5.74) is 8.00. The van der Waals surface area contributed by atoms with Gasteiger partial charge in [-0.3, -0.25) is 4.79 Å². The van der Waals surface area contributed by atoms with Crippen molar-refractivity contribution in [3.8, 4) is 5.75 Å². The fraction of sp³-hybridized carbons (Fsp3) is 0.588. The summed E-state index contributed by atoms with van der Waals surface area (Å²) in [6, 6.07) is 5.10. The molecule has 1 amide bonds. The Morgan fingerprint density at radius 3 is 2.76 bits per heavy atom. The van der Waals surface area contributed by atoms with Crippen LogP contribution in [0.15, 0.2) is 18.2 Å². The molecule has 1 aromatic rings. The van der Waals surface area contributed by atoms with Crippen LogP contribution in [-0.4, -0.2) is 23.6 Å². The number of phenols is 1. The molecule has 1 aromatic carbocycles. The molecule has 1 saturated carbocycles. The van der Waals surface area contributed by atoms with E-state index in [9.17, 15) is 9.90 Å². The second kappa shape index (κ2) is 6.94. The van der Waals surface area contributed by atoms with Crippen molar-refractivity contribution in [3.05, 3.63) is 23.8 Å². The second-order valence-corrected chi connectivity index (χ2v) is 5.96. The Balaban J connectivity index is 2.27. The first-order valence-electron chi connectivity index (χ1n) is 7.91. The SMILES string of the molecule is CCN(C(=O)C1CCCCCC1N)c1cc(O)ccc1C. The maximum Gasteiger partial charge on any atom is 0.231 e. The predicted molar refractivity (Wildman–Crippen MR) is 85.4 cm³/mol. The first kappa shape index (κ1) is 15.8. The highest BCUT2D eigenvalue weighted by molar-refractivity contribution is 5.96. The zero-order valence-corrected chi connectivity index (χ0v) is 13.0. The van der Waals surface area contributed by atoms with Crippen molar-refractivity contribution < 1.29 is 9.90 Å². The summed E-state index contributed by atoms with van der Waals surface area (Å²) in [4.78, 5) is 14.7. The van der Waals surface area contributed by atoms with E-state index < -0.39 is 0 Å². The lowest BCUT2D eigenvalue weighted by molar-refractivity contribution is -0.123. The molecule has 0 aliphatic heterocycles. The molecular formula is C17H26N2O2. The van der Waals surface area contributed by atoms with Crippen LogP contribution in [0.3, 0.4) is 0 Å². The molecule has 2 rings (SSSR count). The number of hydrogen-bond acceptors (Lipinski definition) is 3. The Bertz CT molecular complexity index is 502. The van der Waals surface area contributed by atoms with E-state index in [1.807, 2.05) is 19.9 Å². The molecule has 0 aromatic heterocycles. The van der Waals surface area contributed by atoms with Gasteiger partial charge in [0.2, 0.25) is 5.91 Å². The van der Waals surface area contributed by atoms with E-state index in [1.54, 1.807) is 17.0 Å². The molecule has 0 radical (unpaired) electrons. The maximum atomic E-state index is 12.9. The van der Waals surface area contributed by atoms with Crippen LogP contribution in [0.1, 0.15) is 44.6 Å². The summed E-state index contributed by atoms with van der Waals surface area (Å²) in [6.07, 6.45) is 5.14. The summed E-state index contributed by atoms with van der Waals surface area (Å²) in [5.74, 6) is 0.182. The molecule has 21 heavy (non-hydrogen) atoms. The number of benzene rings is 1. The fourth-order valence-electron chi connectivity index (χ4n) is 3.18. The first-order valence-corrected chi connectivity index (χ1v) is 7.91. The van der Waals surface area contributed by atoms with Crippen LogP contribution in [0, 0.1) is 12.8 Å². The summed E-state index contributed by atoms with van der Waals surface area (Å²) in [7, 11) is 0. The van der Waals surface area contributed by atoms with Gasteiger partial charge in [-0.05, 0) is 38.3 Å². The molecule has 116 valence electrons. The van der Waals surface area contributed by atoms with Crippen LogP contribution < -0.4 is 10.6 Å². The molecule has 2 atom stereocenters. The van der Waals surface area contributed by atoms with Gasteiger partial charge in [-0.1, -0.05) is 25.3 Å². The molecule has 1 aliphatic carbocycles. The molecule has 3 N–H and O–H groups in total. The highest BCUT2D eigenvalue weighted by Crippen LogP contribution is 2.29. The summed E-state index contributed by atoms with van der Waals surface area (Å²) < 4.78 is 0. The van der Waals surface area contributed by atoms with Gasteiger partial charge < -0.3 is 15.7 Å². The molecule has 2 unspecified atom stereocenters. The highest BCUT2D eigenvalue weighted by Gasteiger charge is 2.31. The number of carbonyl (C=O) groups is 1. The second-order valence-electron chi connectivity index (χ2n) is 5.96. The third-order valence-corrected chi connectivity index (χ3v) is 4.45. The van der Waals surface area contributed by atoms with Crippen molar-refractivity contribution >= 4 is 11.6 Å². The fourth-order valence-corrected chi connectivity index (χ4v) is 3.18. The summed E-state index contributed by atoms with van der Waals surface area (Å²) in [5, 5.41) is 9.71. The molecule has 1 aliphatic rings. The van der Waals surface area contributed by atoms with E-state index in [0.29, 0.717) is 6.54 Å². The van der Waals surface area contributed by atoms with Gasteiger partial charge in [-0.25, -0.2) is 0 Å². The molecular weight excluding hydrogens is 264 g/mol. The highest BCUT2D eigenvalue weighted by atomic mass is 16.3. The molecule has 0 heterocycles. The van der Waals surface area contributed by atoms with Gasteiger partial charge in [0, 0.05) is 18.7 Å². The summed E-state index contributed by atoms with van der Waals surface area (Å²) >= 11 is 0. The zero-order valence-electron chi connectivity index (χ0n) is 13.0. The number of nitrogens with zero attached hydrogens (tertiary/aromatic N) is 1. The van der Waals surface area contributed by atoms with Gasteiger partial charge in [-0.2, -0.15) is 0 Å². The molecule has 0 bridgehead atoms. The van der Waals surface area contributed by atoms with Crippen LogP contribution >= 0.6 is 0 Å². The number of nitrogens with two attached hydrogens (primary N) is 1. The minimum atomic E-state index is -0.103. The van der Waals surface area contributed by atoms with E-state index in [-0.39, 0.29) is 23.6 Å². The Morgan fingerprint density at radius 2 is 2.05 bits per heavy atom. The van der Waals surface area contributed by atoms with Crippen molar-refractivity contribution in [2.75, 3.05) is 11.4 Å². The number of rotatable bonds is 3. The van der Waals surface area contributed by atoms with Gasteiger partial charge in [0.1, 0.15) is 5.75 Å². The lowest BCUT2D eigenvalue weighted by Crippen LogP contribution is -2.44. The van der Waals surface area contributed by atoms with Gasteiger partial charge in [0.25, 0.3) is 0 Å². The third kappa shape index (κ3) is 3.56. The monoisotopic (exact) mass is 290 g/mol. The van der Waals surface area contributed by atoms with E-state index >= 15 is 0 Å². The van der Waals surface area contributed by atoms with E-state index in [4.69, 9.17) is 5.73 Å². The zero-order chi connectivity index (χ0) is 15.4. The van der Waals surface area contributed by atoms with Gasteiger partial charge >= 0.3 is 0 Å². The largest absolute Gasteiger partial charge is 0.508 e. The van der Waals surface area contributed by atoms with Crippen molar-refractivity contribution in [2.45, 2.75) is 52.0 Å². The number of amides is 1. The number of carbonyl (C=O) groups excluding carboxylic acids is 1. The smallest absolute Gasteiger partial charge is 0.231 e. The average Bonchev–Trinajstić information content (AvgIpc) is 2.68. The van der Waals surface area contributed by atoms with E-state index in [0.717, 1.165) is 43.4 Å². The van der Waals surface area contributed by atoms with Gasteiger partial charge in [0.15, 0.2) is 0 Å². The van der Waals surface area contributed by atoms with Crippen molar-refractivity contribution in [3.63, 3.8) is 0 Å². The van der Waals surface area contributed by atoms with Gasteiger partial charge in [-0.15, -0.1) is 0 Å². The number of aromatic hydroxyl groups is 1.